The minimum atomic E-state index is -3.11. The van der Waals surface area contributed by atoms with Gasteiger partial charge >= 0.3 is 0 Å². The third-order valence-corrected chi connectivity index (χ3v) is 4.21. The summed E-state index contributed by atoms with van der Waals surface area (Å²) in [4.78, 5) is 33.4. The van der Waals surface area contributed by atoms with Gasteiger partial charge in [-0.2, -0.15) is 5.26 Å². The summed E-state index contributed by atoms with van der Waals surface area (Å²) in [6, 6.07) is 5.40. The van der Waals surface area contributed by atoms with Crippen molar-refractivity contribution < 1.29 is 18.4 Å². The Bertz CT molecular complexity index is 1020. The average Bonchev–Trinajstić information content (AvgIpc) is 3.06. The van der Waals surface area contributed by atoms with Gasteiger partial charge in [0.2, 0.25) is 5.91 Å². The number of nitrogens with zero attached hydrogens (tertiary/aromatic N) is 4. The van der Waals surface area contributed by atoms with E-state index in [1.165, 1.54) is 18.5 Å². The van der Waals surface area contributed by atoms with E-state index in [1.807, 2.05) is 0 Å². The van der Waals surface area contributed by atoms with Crippen LogP contribution in [0, 0.1) is 23.2 Å². The summed E-state index contributed by atoms with van der Waals surface area (Å²) >= 11 is 0. The number of aromatic nitrogens is 2. The van der Waals surface area contributed by atoms with Crippen molar-refractivity contribution in [1.82, 2.24) is 20.2 Å². The standard InChI is InChI=1S/C20H15F2N5O2/c21-20(22)8-16(9-23)27(13-20)18(28)12-26-19(29)17-5-7-25-11-15(17)4-3-14-2-1-6-24-10-14/h1-2,5-7,10-11,16H,8,12-13H2,(H,26,29). The third-order valence-electron chi connectivity index (χ3n) is 4.21. The SMILES string of the molecule is N#CC1CC(F)(F)CN1C(=O)CNC(=O)c1ccncc1C#Cc1cccnc1. The van der Waals surface area contributed by atoms with E-state index < -0.39 is 43.3 Å². The number of alkyl halides is 2. The number of pyridine rings is 2. The molecular weight excluding hydrogens is 380 g/mol. The molecule has 1 N–H and O–H groups in total. The molecule has 0 saturated carbocycles. The number of halogens is 2. The van der Waals surface area contributed by atoms with Gasteiger partial charge in [-0.25, -0.2) is 8.78 Å². The lowest BCUT2D eigenvalue weighted by atomic mass is 10.1. The maximum Gasteiger partial charge on any atom is 0.268 e. The predicted octanol–water partition coefficient (Wildman–Crippen LogP) is 1.37. The highest BCUT2D eigenvalue weighted by atomic mass is 19.3. The molecule has 0 aliphatic carbocycles. The molecule has 1 unspecified atom stereocenters. The number of nitrogens with one attached hydrogen (secondary N) is 1. The van der Waals surface area contributed by atoms with Crippen molar-refractivity contribution in [3.8, 4) is 17.9 Å². The molecule has 1 atom stereocenters. The number of rotatable bonds is 3. The van der Waals surface area contributed by atoms with Gasteiger partial charge in [0.25, 0.3) is 11.8 Å². The van der Waals surface area contributed by atoms with Crippen molar-refractivity contribution in [3.63, 3.8) is 0 Å². The van der Waals surface area contributed by atoms with Crippen LogP contribution in [0.4, 0.5) is 8.78 Å². The first-order valence-electron chi connectivity index (χ1n) is 8.61. The van der Waals surface area contributed by atoms with Gasteiger partial charge in [0.05, 0.1) is 30.3 Å². The average molecular weight is 395 g/mol. The number of carbonyl (C=O) groups excluding carboxylic acids is 2. The first-order valence-corrected chi connectivity index (χ1v) is 8.61. The molecule has 1 saturated heterocycles. The molecule has 0 radical (unpaired) electrons. The van der Waals surface area contributed by atoms with E-state index in [4.69, 9.17) is 5.26 Å². The second-order valence-electron chi connectivity index (χ2n) is 6.32. The molecular formula is C20H15F2N5O2. The zero-order chi connectivity index (χ0) is 20.9. The molecule has 1 fully saturated rings. The molecule has 9 heteroatoms. The van der Waals surface area contributed by atoms with Crippen molar-refractivity contribution in [2.24, 2.45) is 0 Å². The summed E-state index contributed by atoms with van der Waals surface area (Å²) in [5.41, 5.74) is 1.17. The molecule has 0 bridgehead atoms. The van der Waals surface area contributed by atoms with Gasteiger partial charge in [0.1, 0.15) is 6.04 Å². The summed E-state index contributed by atoms with van der Waals surface area (Å²) in [6.07, 6.45) is 5.28. The molecule has 2 aromatic heterocycles. The van der Waals surface area contributed by atoms with Crippen molar-refractivity contribution in [1.29, 1.82) is 5.26 Å². The highest BCUT2D eigenvalue weighted by Gasteiger charge is 2.47. The van der Waals surface area contributed by atoms with Crippen LogP contribution in [-0.2, 0) is 4.79 Å². The van der Waals surface area contributed by atoms with E-state index in [-0.39, 0.29) is 5.56 Å². The summed E-state index contributed by atoms with van der Waals surface area (Å²) in [7, 11) is 0. The smallest absolute Gasteiger partial charge is 0.268 e. The quantitative estimate of drug-likeness (QED) is 0.792. The van der Waals surface area contributed by atoms with E-state index in [9.17, 15) is 18.4 Å². The Balaban J connectivity index is 1.68. The third kappa shape index (κ3) is 4.90. The van der Waals surface area contributed by atoms with Crippen LogP contribution in [-0.4, -0.2) is 51.7 Å². The zero-order valence-electron chi connectivity index (χ0n) is 15.1. The highest BCUT2D eigenvalue weighted by Crippen LogP contribution is 2.31. The van der Waals surface area contributed by atoms with Crippen LogP contribution in [0.1, 0.15) is 27.9 Å². The van der Waals surface area contributed by atoms with E-state index in [2.05, 4.69) is 27.1 Å². The van der Waals surface area contributed by atoms with E-state index >= 15 is 0 Å². The van der Waals surface area contributed by atoms with Gasteiger partial charge in [-0.15, -0.1) is 0 Å². The van der Waals surface area contributed by atoms with Crippen LogP contribution in [0.5, 0.6) is 0 Å². The Labute approximate surface area is 165 Å². The Morgan fingerprint density at radius 3 is 2.76 bits per heavy atom. The summed E-state index contributed by atoms with van der Waals surface area (Å²) in [5, 5.41) is 11.4. The van der Waals surface area contributed by atoms with E-state index in [0.717, 1.165) is 4.90 Å². The molecule has 2 amide bonds. The van der Waals surface area contributed by atoms with Gasteiger partial charge in [-0.1, -0.05) is 11.8 Å². The van der Waals surface area contributed by atoms with Crippen molar-refractivity contribution >= 4 is 11.8 Å². The topological polar surface area (TPSA) is 99.0 Å². The molecule has 3 rings (SSSR count). The van der Waals surface area contributed by atoms with E-state index in [0.29, 0.717) is 11.1 Å². The lowest BCUT2D eigenvalue weighted by Gasteiger charge is -2.19. The maximum absolute atomic E-state index is 13.5. The summed E-state index contributed by atoms with van der Waals surface area (Å²) in [5.74, 6) is 1.23. The summed E-state index contributed by atoms with van der Waals surface area (Å²) in [6.45, 7) is -1.35. The van der Waals surface area contributed by atoms with Crippen LogP contribution in [0.2, 0.25) is 0 Å². The predicted molar refractivity (Wildman–Crippen MR) is 97.5 cm³/mol. The molecule has 1 aliphatic heterocycles. The van der Waals surface area contributed by atoms with E-state index in [1.54, 1.807) is 30.6 Å². The number of hydrogen-bond acceptors (Lipinski definition) is 5. The van der Waals surface area contributed by atoms with Gasteiger partial charge in [-0.05, 0) is 18.2 Å². The Morgan fingerprint density at radius 1 is 1.24 bits per heavy atom. The van der Waals surface area contributed by atoms with Crippen molar-refractivity contribution in [2.45, 2.75) is 18.4 Å². The van der Waals surface area contributed by atoms with Crippen molar-refractivity contribution in [2.75, 3.05) is 13.1 Å². The molecule has 7 nitrogen and oxygen atoms in total. The Kier molecular flexibility index (Phi) is 5.79. The van der Waals surface area contributed by atoms with Crippen LogP contribution in [0.25, 0.3) is 0 Å². The molecule has 1 aliphatic rings. The normalized spacial score (nSPS) is 17.0. The number of hydrogen-bond donors (Lipinski definition) is 1. The second kappa shape index (κ2) is 8.44. The van der Waals surface area contributed by atoms with Crippen LogP contribution in [0.3, 0.4) is 0 Å². The van der Waals surface area contributed by atoms with Crippen LogP contribution < -0.4 is 5.32 Å². The van der Waals surface area contributed by atoms with Crippen molar-refractivity contribution in [3.05, 3.63) is 59.7 Å². The Hall–Kier alpha value is -3.85. The van der Waals surface area contributed by atoms with Crippen LogP contribution in [0.15, 0.2) is 43.0 Å². The molecule has 2 aromatic rings. The molecule has 0 aromatic carbocycles. The number of carbonyl (C=O) groups is 2. The molecule has 0 spiro atoms. The monoisotopic (exact) mass is 395 g/mol. The van der Waals surface area contributed by atoms with Gasteiger partial charge < -0.3 is 10.2 Å². The first-order chi connectivity index (χ1) is 13.9. The summed E-state index contributed by atoms with van der Waals surface area (Å²) < 4.78 is 26.9. The maximum atomic E-state index is 13.5. The fourth-order valence-corrected chi connectivity index (χ4v) is 2.82. The molecule has 3 heterocycles. The van der Waals surface area contributed by atoms with Gasteiger partial charge in [0.15, 0.2) is 0 Å². The molecule has 146 valence electrons. The van der Waals surface area contributed by atoms with Gasteiger partial charge in [0, 0.05) is 36.8 Å². The fraction of sp³-hybridized carbons (Fsp3) is 0.250. The lowest BCUT2D eigenvalue weighted by Crippen LogP contribution is -2.43. The number of likely N-dealkylation sites (tertiary alicyclic amines) is 1. The number of amides is 2. The highest BCUT2D eigenvalue weighted by molar-refractivity contribution is 5.98. The molecule has 29 heavy (non-hydrogen) atoms. The van der Waals surface area contributed by atoms with Crippen LogP contribution >= 0.6 is 0 Å². The minimum absolute atomic E-state index is 0.188. The largest absolute Gasteiger partial charge is 0.343 e. The Morgan fingerprint density at radius 2 is 2.03 bits per heavy atom. The minimum Gasteiger partial charge on any atom is -0.343 e. The second-order valence-corrected chi connectivity index (χ2v) is 6.32. The lowest BCUT2D eigenvalue weighted by molar-refractivity contribution is -0.131. The number of nitriles is 1. The van der Waals surface area contributed by atoms with Gasteiger partial charge in [-0.3, -0.25) is 19.6 Å². The zero-order valence-corrected chi connectivity index (χ0v) is 15.1. The fourth-order valence-electron chi connectivity index (χ4n) is 2.82. The first kappa shape index (κ1) is 19.9.